The number of benzene rings is 1. The summed E-state index contributed by atoms with van der Waals surface area (Å²) in [5.74, 6) is 1.12. The molecule has 4 heteroatoms. The van der Waals surface area contributed by atoms with Gasteiger partial charge < -0.3 is 15.2 Å². The summed E-state index contributed by atoms with van der Waals surface area (Å²) in [5.41, 5.74) is 7.01. The summed E-state index contributed by atoms with van der Waals surface area (Å²) in [4.78, 5) is 0. The molecule has 0 bridgehead atoms. The van der Waals surface area contributed by atoms with Crippen LogP contribution in [0.5, 0.6) is 11.5 Å². The molecule has 0 radical (unpaired) electrons. The van der Waals surface area contributed by atoms with E-state index in [9.17, 15) is 0 Å². The molecule has 0 heterocycles. The van der Waals surface area contributed by atoms with E-state index < -0.39 is 0 Å². The Hall–Kier alpha value is -1.09. The van der Waals surface area contributed by atoms with E-state index in [4.69, 9.17) is 26.8 Å². The largest absolute Gasteiger partial charge is 0.492 e. The number of rotatable bonds is 2. The van der Waals surface area contributed by atoms with E-state index in [2.05, 4.69) is 0 Å². The molecule has 0 saturated heterocycles. The van der Waals surface area contributed by atoms with E-state index in [-0.39, 0.29) is 0 Å². The first-order valence-corrected chi connectivity index (χ1v) is 4.16. The maximum absolute atomic E-state index is 5.87. The number of nitrogen functional groups attached to an aromatic ring is 1. The predicted molar refractivity (Wildman–Crippen MR) is 53.7 cm³/mol. The summed E-state index contributed by atoms with van der Waals surface area (Å²) >= 11 is 5.87. The smallest absolute Gasteiger partial charge is 0.185 e. The van der Waals surface area contributed by atoms with Crippen LogP contribution in [0.2, 0.25) is 5.02 Å². The fraction of sp³-hybridized carbons (Fsp3) is 0.333. The highest BCUT2D eigenvalue weighted by molar-refractivity contribution is 6.33. The van der Waals surface area contributed by atoms with Gasteiger partial charge in [0.05, 0.1) is 24.9 Å². The van der Waals surface area contributed by atoms with Crippen molar-refractivity contribution >= 4 is 17.3 Å². The zero-order chi connectivity index (χ0) is 10.0. The number of methoxy groups -OCH3 is 2. The molecular weight excluding hydrogens is 190 g/mol. The van der Waals surface area contributed by atoms with Crippen LogP contribution in [0.25, 0.3) is 0 Å². The van der Waals surface area contributed by atoms with Crippen molar-refractivity contribution in [2.75, 3.05) is 20.0 Å². The van der Waals surface area contributed by atoms with E-state index in [1.807, 2.05) is 6.92 Å². The minimum atomic E-state index is 0.409. The highest BCUT2D eigenvalue weighted by Crippen LogP contribution is 2.40. The highest BCUT2D eigenvalue weighted by Gasteiger charge is 2.13. The number of hydrogen-bond donors (Lipinski definition) is 1. The van der Waals surface area contributed by atoms with Gasteiger partial charge in [-0.3, -0.25) is 0 Å². The predicted octanol–water partition coefficient (Wildman–Crippen LogP) is 2.25. The second kappa shape index (κ2) is 3.75. The van der Waals surface area contributed by atoms with Gasteiger partial charge in [-0.1, -0.05) is 11.6 Å². The van der Waals surface area contributed by atoms with Gasteiger partial charge in [-0.05, 0) is 18.6 Å². The lowest BCUT2D eigenvalue weighted by Gasteiger charge is -2.13. The van der Waals surface area contributed by atoms with E-state index in [1.54, 1.807) is 13.2 Å². The summed E-state index contributed by atoms with van der Waals surface area (Å²) in [6, 6.07) is 1.75. The Morgan fingerprint density at radius 1 is 1.23 bits per heavy atom. The molecule has 2 N–H and O–H groups in total. The lowest BCUT2D eigenvalue weighted by Crippen LogP contribution is -1.98. The highest BCUT2D eigenvalue weighted by atomic mass is 35.5. The fourth-order valence-corrected chi connectivity index (χ4v) is 1.45. The van der Waals surface area contributed by atoms with Crippen molar-refractivity contribution in [2.45, 2.75) is 6.92 Å². The quantitative estimate of drug-likeness (QED) is 0.747. The minimum absolute atomic E-state index is 0.409. The molecular formula is C9H12ClNO2. The molecule has 0 fully saturated rings. The molecule has 1 rings (SSSR count). The molecule has 0 aliphatic carbocycles. The van der Waals surface area contributed by atoms with Crippen molar-refractivity contribution in [1.29, 1.82) is 0 Å². The molecule has 0 aromatic heterocycles. The molecule has 1 aromatic carbocycles. The zero-order valence-electron chi connectivity index (χ0n) is 7.85. The van der Waals surface area contributed by atoms with Crippen molar-refractivity contribution in [1.82, 2.24) is 0 Å². The Bertz CT molecular complexity index is 326. The lowest BCUT2D eigenvalue weighted by molar-refractivity contribution is 0.354. The first-order chi connectivity index (χ1) is 6.11. The van der Waals surface area contributed by atoms with Gasteiger partial charge in [0.25, 0.3) is 0 Å². The van der Waals surface area contributed by atoms with Gasteiger partial charge >= 0.3 is 0 Å². The van der Waals surface area contributed by atoms with Crippen molar-refractivity contribution in [3.05, 3.63) is 16.7 Å². The molecule has 0 aliphatic rings. The van der Waals surface area contributed by atoms with Gasteiger partial charge in [0.15, 0.2) is 11.5 Å². The Balaban J connectivity index is 3.41. The summed E-state index contributed by atoms with van der Waals surface area (Å²) in [7, 11) is 3.10. The van der Waals surface area contributed by atoms with E-state index in [0.717, 1.165) is 5.56 Å². The van der Waals surface area contributed by atoms with Crippen LogP contribution in [-0.2, 0) is 0 Å². The van der Waals surface area contributed by atoms with E-state index >= 15 is 0 Å². The number of ether oxygens (including phenoxy) is 2. The molecule has 0 saturated carbocycles. The van der Waals surface area contributed by atoms with Crippen LogP contribution in [0.15, 0.2) is 6.07 Å². The SMILES string of the molecule is COc1c(C)cc(Cl)c(N)c1OC. The first kappa shape index (κ1) is 9.99. The third-order valence-corrected chi connectivity index (χ3v) is 2.13. The average molecular weight is 202 g/mol. The van der Waals surface area contributed by atoms with Crippen molar-refractivity contribution in [3.63, 3.8) is 0 Å². The van der Waals surface area contributed by atoms with Crippen LogP contribution in [0.1, 0.15) is 5.56 Å². The molecule has 72 valence electrons. The number of aryl methyl sites for hydroxylation is 1. The Morgan fingerprint density at radius 2 is 1.77 bits per heavy atom. The Morgan fingerprint density at radius 3 is 2.23 bits per heavy atom. The van der Waals surface area contributed by atoms with Crippen LogP contribution in [0, 0.1) is 6.92 Å². The molecule has 0 aliphatic heterocycles. The fourth-order valence-electron chi connectivity index (χ4n) is 1.20. The monoisotopic (exact) mass is 201 g/mol. The topological polar surface area (TPSA) is 44.5 Å². The summed E-state index contributed by atoms with van der Waals surface area (Å²) < 4.78 is 10.2. The lowest BCUT2D eigenvalue weighted by atomic mass is 10.2. The van der Waals surface area contributed by atoms with Crippen molar-refractivity contribution in [3.8, 4) is 11.5 Å². The van der Waals surface area contributed by atoms with Crippen LogP contribution in [0.3, 0.4) is 0 Å². The molecule has 13 heavy (non-hydrogen) atoms. The Labute approximate surface area is 82.4 Å². The number of halogens is 1. The van der Waals surface area contributed by atoms with Crippen molar-refractivity contribution < 1.29 is 9.47 Å². The zero-order valence-corrected chi connectivity index (χ0v) is 8.61. The molecule has 0 spiro atoms. The maximum Gasteiger partial charge on any atom is 0.185 e. The van der Waals surface area contributed by atoms with Crippen LogP contribution in [0.4, 0.5) is 5.69 Å². The maximum atomic E-state index is 5.87. The second-order valence-corrected chi connectivity index (χ2v) is 3.06. The average Bonchev–Trinajstić information content (AvgIpc) is 2.10. The molecule has 3 nitrogen and oxygen atoms in total. The van der Waals surface area contributed by atoms with Gasteiger partial charge in [0.2, 0.25) is 0 Å². The summed E-state index contributed by atoms with van der Waals surface area (Å²) in [6.45, 7) is 1.88. The second-order valence-electron chi connectivity index (χ2n) is 2.66. The van der Waals surface area contributed by atoms with Gasteiger partial charge in [0.1, 0.15) is 0 Å². The third kappa shape index (κ3) is 1.65. The van der Waals surface area contributed by atoms with Gasteiger partial charge in [-0.25, -0.2) is 0 Å². The summed E-state index contributed by atoms with van der Waals surface area (Å²) in [5, 5.41) is 0.482. The molecule has 0 unspecified atom stereocenters. The third-order valence-electron chi connectivity index (χ3n) is 1.82. The standard InChI is InChI=1S/C9H12ClNO2/c1-5-4-6(10)7(11)9(13-3)8(5)12-2/h4H,11H2,1-3H3. The summed E-state index contributed by atoms with van der Waals surface area (Å²) in [6.07, 6.45) is 0. The number of nitrogens with two attached hydrogens (primary N) is 1. The van der Waals surface area contributed by atoms with Gasteiger partial charge in [-0.15, -0.1) is 0 Å². The minimum Gasteiger partial charge on any atom is -0.492 e. The number of hydrogen-bond acceptors (Lipinski definition) is 3. The van der Waals surface area contributed by atoms with Crippen LogP contribution in [-0.4, -0.2) is 14.2 Å². The van der Waals surface area contributed by atoms with Crippen molar-refractivity contribution in [2.24, 2.45) is 0 Å². The first-order valence-electron chi connectivity index (χ1n) is 3.78. The van der Waals surface area contributed by atoms with Crippen LogP contribution >= 0.6 is 11.6 Å². The normalized spacial score (nSPS) is 9.85. The van der Waals surface area contributed by atoms with E-state index in [0.29, 0.717) is 22.2 Å². The Kier molecular flexibility index (Phi) is 2.88. The molecule has 0 amide bonds. The van der Waals surface area contributed by atoms with Gasteiger partial charge in [0, 0.05) is 0 Å². The molecule has 1 aromatic rings. The van der Waals surface area contributed by atoms with E-state index in [1.165, 1.54) is 7.11 Å². The van der Waals surface area contributed by atoms with Crippen LogP contribution < -0.4 is 15.2 Å². The number of anilines is 1. The molecule has 0 atom stereocenters. The van der Waals surface area contributed by atoms with Gasteiger partial charge in [-0.2, -0.15) is 0 Å².